The molecule has 1 aliphatic heterocycles. The molecule has 2 aromatic carbocycles. The van der Waals surface area contributed by atoms with Crippen molar-refractivity contribution in [2.75, 3.05) is 11.9 Å². The maximum atomic E-state index is 12.8. The lowest BCUT2D eigenvalue weighted by Gasteiger charge is -2.25. The van der Waals surface area contributed by atoms with Gasteiger partial charge in [-0.3, -0.25) is 9.69 Å². The van der Waals surface area contributed by atoms with Gasteiger partial charge >= 0.3 is 0 Å². The highest BCUT2D eigenvalue weighted by Gasteiger charge is 2.31. The van der Waals surface area contributed by atoms with E-state index in [1.807, 2.05) is 36.4 Å². The van der Waals surface area contributed by atoms with Gasteiger partial charge in [-0.15, -0.1) is 36.2 Å². The first-order valence-corrected chi connectivity index (χ1v) is 10.2. The van der Waals surface area contributed by atoms with E-state index in [1.165, 1.54) is 10.4 Å². The molecule has 1 atom stereocenters. The molecule has 0 bridgehead atoms. The van der Waals surface area contributed by atoms with Gasteiger partial charge in [0.15, 0.2) is 5.13 Å². The first-order valence-electron chi connectivity index (χ1n) is 9.43. The highest BCUT2D eigenvalue weighted by molar-refractivity contribution is 7.15. The van der Waals surface area contributed by atoms with Crippen LogP contribution in [0.2, 0.25) is 0 Å². The predicted octanol–water partition coefficient (Wildman–Crippen LogP) is 4.36. The first-order chi connectivity index (χ1) is 13.5. The lowest BCUT2D eigenvalue weighted by molar-refractivity contribution is -0.120. The van der Waals surface area contributed by atoms with Crippen LogP contribution in [0.1, 0.15) is 28.6 Å². The average Bonchev–Trinajstić information content (AvgIpc) is 3.11. The third-order valence-corrected chi connectivity index (χ3v) is 6.12. The molecule has 0 saturated heterocycles. The van der Waals surface area contributed by atoms with Crippen LogP contribution < -0.4 is 11.1 Å². The summed E-state index contributed by atoms with van der Waals surface area (Å²) in [7, 11) is 0. The van der Waals surface area contributed by atoms with E-state index in [9.17, 15) is 4.79 Å². The molecular weight excluding hydrogens is 439 g/mol. The molecule has 0 spiro atoms. The van der Waals surface area contributed by atoms with Crippen molar-refractivity contribution in [2.24, 2.45) is 5.73 Å². The monoisotopic (exact) mass is 464 g/mol. The van der Waals surface area contributed by atoms with Crippen LogP contribution in [0.4, 0.5) is 5.13 Å². The van der Waals surface area contributed by atoms with E-state index in [0.29, 0.717) is 5.13 Å². The van der Waals surface area contributed by atoms with Gasteiger partial charge in [-0.2, -0.15) is 0 Å². The number of hydrogen-bond acceptors (Lipinski definition) is 5. The third kappa shape index (κ3) is 5.39. The number of aromatic nitrogens is 1. The lowest BCUT2D eigenvalue weighted by Crippen LogP contribution is -2.45. The molecule has 1 aliphatic rings. The standard InChI is InChI=1S/C22H24N4OS.2ClH/c1-22(23,17-10-6-3-7-11-17)20(27)25-21-24-18-12-13-26(15-19(18)28-21)14-16-8-4-2-5-9-16;;/h2-11H,12-15,23H2,1H3,(H,24,25,27);2*1H. The topological polar surface area (TPSA) is 71.2 Å². The smallest absolute Gasteiger partial charge is 0.250 e. The predicted molar refractivity (Wildman–Crippen MR) is 127 cm³/mol. The third-order valence-electron chi connectivity index (χ3n) is 5.12. The van der Waals surface area contributed by atoms with Crippen LogP contribution in [0.3, 0.4) is 0 Å². The van der Waals surface area contributed by atoms with Crippen molar-refractivity contribution >= 4 is 47.2 Å². The number of carbonyl (C=O) groups is 1. The number of nitrogens with two attached hydrogens (primary N) is 1. The second-order valence-corrected chi connectivity index (χ2v) is 8.44. The summed E-state index contributed by atoms with van der Waals surface area (Å²) in [5.74, 6) is -0.245. The first kappa shape index (κ1) is 24.3. The largest absolute Gasteiger partial charge is 0.314 e. The Bertz CT molecular complexity index is 964. The summed E-state index contributed by atoms with van der Waals surface area (Å²) in [4.78, 5) is 21.1. The minimum absolute atomic E-state index is 0. The Balaban J connectivity index is 0.00000160. The fraction of sp³-hybridized carbons (Fsp3) is 0.273. The van der Waals surface area contributed by atoms with Gasteiger partial charge in [0.1, 0.15) is 5.54 Å². The Morgan fingerprint density at radius 3 is 2.43 bits per heavy atom. The molecule has 0 saturated carbocycles. The van der Waals surface area contributed by atoms with Crippen LogP contribution in [0, 0.1) is 0 Å². The number of benzene rings is 2. The molecule has 1 amide bonds. The van der Waals surface area contributed by atoms with Crippen LogP contribution in [-0.2, 0) is 29.8 Å². The van der Waals surface area contributed by atoms with Crippen LogP contribution in [0.5, 0.6) is 0 Å². The second kappa shape index (κ2) is 10.4. The van der Waals surface area contributed by atoms with Crippen molar-refractivity contribution in [2.45, 2.75) is 32.0 Å². The van der Waals surface area contributed by atoms with Crippen molar-refractivity contribution in [3.8, 4) is 0 Å². The summed E-state index contributed by atoms with van der Waals surface area (Å²) in [6, 6.07) is 19.9. The Labute approximate surface area is 193 Å². The van der Waals surface area contributed by atoms with Gasteiger partial charge in [-0.25, -0.2) is 4.98 Å². The highest BCUT2D eigenvalue weighted by atomic mass is 35.5. The zero-order chi connectivity index (χ0) is 19.6. The van der Waals surface area contributed by atoms with E-state index in [1.54, 1.807) is 18.3 Å². The Kier molecular flexibility index (Phi) is 8.41. The van der Waals surface area contributed by atoms with E-state index in [2.05, 4.69) is 39.5 Å². The molecule has 0 fully saturated rings. The maximum Gasteiger partial charge on any atom is 0.250 e. The number of thiazole rings is 1. The van der Waals surface area contributed by atoms with Crippen molar-refractivity contribution < 1.29 is 4.79 Å². The number of halogens is 2. The SMILES string of the molecule is CC(N)(C(=O)Nc1nc2c(s1)CN(Cc1ccccc1)CC2)c1ccccc1.Cl.Cl. The number of rotatable bonds is 5. The Hall–Kier alpha value is -1.96. The van der Waals surface area contributed by atoms with Crippen LogP contribution in [-0.4, -0.2) is 22.3 Å². The molecule has 30 heavy (non-hydrogen) atoms. The van der Waals surface area contributed by atoms with Gasteiger partial charge < -0.3 is 11.1 Å². The maximum absolute atomic E-state index is 12.8. The van der Waals surface area contributed by atoms with Crippen molar-refractivity contribution in [3.05, 3.63) is 82.4 Å². The van der Waals surface area contributed by atoms with E-state index in [0.717, 1.165) is 37.3 Å². The minimum Gasteiger partial charge on any atom is -0.314 e. The molecule has 3 N–H and O–H groups in total. The molecule has 0 radical (unpaired) electrons. The lowest BCUT2D eigenvalue weighted by atomic mass is 9.92. The Morgan fingerprint density at radius 1 is 1.13 bits per heavy atom. The molecule has 160 valence electrons. The molecule has 3 aromatic rings. The fourth-order valence-electron chi connectivity index (χ4n) is 3.42. The summed E-state index contributed by atoms with van der Waals surface area (Å²) in [5.41, 5.74) is 8.39. The number of amides is 1. The van der Waals surface area contributed by atoms with Gasteiger partial charge in [-0.05, 0) is 18.1 Å². The van der Waals surface area contributed by atoms with E-state index in [-0.39, 0.29) is 30.7 Å². The number of nitrogens with one attached hydrogen (secondary N) is 1. The molecule has 1 aromatic heterocycles. The van der Waals surface area contributed by atoms with Crippen molar-refractivity contribution in [3.63, 3.8) is 0 Å². The minimum atomic E-state index is -1.10. The summed E-state index contributed by atoms with van der Waals surface area (Å²) in [6.45, 7) is 4.48. The molecule has 4 rings (SSSR count). The molecule has 0 aliphatic carbocycles. The summed E-state index contributed by atoms with van der Waals surface area (Å²) in [6.07, 6.45) is 0.896. The summed E-state index contributed by atoms with van der Waals surface area (Å²) >= 11 is 1.55. The average molecular weight is 465 g/mol. The van der Waals surface area contributed by atoms with Gasteiger partial charge in [0, 0.05) is 30.9 Å². The number of hydrogen-bond donors (Lipinski definition) is 2. The van der Waals surface area contributed by atoms with E-state index >= 15 is 0 Å². The number of anilines is 1. The molecule has 1 unspecified atom stereocenters. The quantitative estimate of drug-likeness (QED) is 0.588. The van der Waals surface area contributed by atoms with Gasteiger partial charge in [0.05, 0.1) is 5.69 Å². The molecule has 2 heterocycles. The number of fused-ring (bicyclic) bond motifs is 1. The normalized spacial score (nSPS) is 15.1. The number of nitrogens with zero attached hydrogens (tertiary/aromatic N) is 2. The van der Waals surface area contributed by atoms with Crippen LogP contribution >= 0.6 is 36.2 Å². The van der Waals surface area contributed by atoms with Crippen molar-refractivity contribution in [1.29, 1.82) is 0 Å². The zero-order valence-corrected chi connectivity index (χ0v) is 19.2. The second-order valence-electron chi connectivity index (χ2n) is 7.36. The Morgan fingerprint density at radius 2 is 1.77 bits per heavy atom. The van der Waals surface area contributed by atoms with Gasteiger partial charge in [-0.1, -0.05) is 60.7 Å². The summed E-state index contributed by atoms with van der Waals surface area (Å²) < 4.78 is 0. The van der Waals surface area contributed by atoms with Crippen LogP contribution in [0.25, 0.3) is 0 Å². The molecular formula is C22H26Cl2N4OS. The molecule has 8 heteroatoms. The summed E-state index contributed by atoms with van der Waals surface area (Å²) in [5, 5.41) is 3.56. The van der Waals surface area contributed by atoms with Gasteiger partial charge in [0.2, 0.25) is 0 Å². The highest BCUT2D eigenvalue weighted by Crippen LogP contribution is 2.30. The van der Waals surface area contributed by atoms with Crippen LogP contribution in [0.15, 0.2) is 60.7 Å². The van der Waals surface area contributed by atoms with E-state index < -0.39 is 5.54 Å². The van der Waals surface area contributed by atoms with Crippen molar-refractivity contribution in [1.82, 2.24) is 9.88 Å². The number of carbonyl (C=O) groups excluding carboxylic acids is 1. The van der Waals surface area contributed by atoms with Gasteiger partial charge in [0.25, 0.3) is 5.91 Å². The molecule has 5 nitrogen and oxygen atoms in total. The zero-order valence-electron chi connectivity index (χ0n) is 16.7. The fourth-order valence-corrected chi connectivity index (χ4v) is 4.47. The van der Waals surface area contributed by atoms with E-state index in [4.69, 9.17) is 5.73 Å².